The van der Waals surface area contributed by atoms with Gasteiger partial charge in [-0.2, -0.15) is 5.26 Å². The number of benzene rings is 1. The zero-order valence-corrected chi connectivity index (χ0v) is 8.50. The van der Waals surface area contributed by atoms with Crippen LogP contribution in [0.4, 0.5) is 4.39 Å². The summed E-state index contributed by atoms with van der Waals surface area (Å²) in [6.07, 6.45) is 0.822. The lowest BCUT2D eigenvalue weighted by Gasteiger charge is -2.11. The van der Waals surface area contributed by atoms with E-state index in [0.717, 1.165) is 12.0 Å². The number of rotatable bonds is 3. The maximum atomic E-state index is 12.6. The molecule has 0 aliphatic heterocycles. The van der Waals surface area contributed by atoms with Crippen molar-refractivity contribution in [2.24, 2.45) is 5.92 Å². The molecule has 0 aliphatic rings. The van der Waals surface area contributed by atoms with Crippen molar-refractivity contribution in [3.05, 3.63) is 35.6 Å². The molecule has 0 amide bonds. The number of nitriles is 1. The Balaban J connectivity index is 2.80. The highest BCUT2D eigenvalue weighted by atomic mass is 19.1. The summed E-state index contributed by atoms with van der Waals surface area (Å²) in [7, 11) is 0. The molecular weight excluding hydrogens is 177 g/mol. The van der Waals surface area contributed by atoms with Gasteiger partial charge in [0, 0.05) is 0 Å². The van der Waals surface area contributed by atoms with E-state index in [-0.39, 0.29) is 11.7 Å². The van der Waals surface area contributed by atoms with Crippen molar-refractivity contribution in [1.29, 1.82) is 5.26 Å². The summed E-state index contributed by atoms with van der Waals surface area (Å²) in [6.45, 7) is 4.15. The van der Waals surface area contributed by atoms with Crippen LogP contribution in [0.3, 0.4) is 0 Å². The van der Waals surface area contributed by atoms with E-state index in [2.05, 4.69) is 19.9 Å². The van der Waals surface area contributed by atoms with Gasteiger partial charge in [-0.3, -0.25) is 0 Å². The highest BCUT2D eigenvalue weighted by molar-refractivity contribution is 5.25. The maximum Gasteiger partial charge on any atom is 0.123 e. The largest absolute Gasteiger partial charge is 0.207 e. The average molecular weight is 191 g/mol. The van der Waals surface area contributed by atoms with E-state index in [4.69, 9.17) is 5.26 Å². The smallest absolute Gasteiger partial charge is 0.123 e. The zero-order chi connectivity index (χ0) is 10.6. The third-order valence-corrected chi connectivity index (χ3v) is 2.14. The molecule has 0 N–H and O–H groups in total. The summed E-state index contributed by atoms with van der Waals surface area (Å²) < 4.78 is 12.6. The summed E-state index contributed by atoms with van der Waals surface area (Å²) in [5, 5.41) is 8.95. The molecule has 0 saturated heterocycles. The SMILES string of the molecule is CC(C)CC(C#N)c1ccc(F)cc1. The lowest BCUT2D eigenvalue weighted by atomic mass is 9.92. The quantitative estimate of drug-likeness (QED) is 0.717. The monoisotopic (exact) mass is 191 g/mol. The Morgan fingerprint density at radius 2 is 1.86 bits per heavy atom. The number of halogens is 1. The molecule has 1 aromatic carbocycles. The Hall–Kier alpha value is -1.36. The van der Waals surface area contributed by atoms with Crippen LogP contribution < -0.4 is 0 Å². The second-order valence-corrected chi connectivity index (χ2v) is 3.86. The summed E-state index contributed by atoms with van der Waals surface area (Å²) in [4.78, 5) is 0. The molecule has 14 heavy (non-hydrogen) atoms. The molecule has 0 aliphatic carbocycles. The summed E-state index contributed by atoms with van der Waals surface area (Å²) in [5.41, 5.74) is 0.905. The van der Waals surface area contributed by atoms with E-state index in [9.17, 15) is 4.39 Å². The predicted octanol–water partition coefficient (Wildman–Crippen LogP) is 3.48. The Labute approximate surface area is 84.2 Å². The highest BCUT2D eigenvalue weighted by Crippen LogP contribution is 2.22. The van der Waals surface area contributed by atoms with Crippen LogP contribution >= 0.6 is 0 Å². The number of hydrogen-bond acceptors (Lipinski definition) is 1. The predicted molar refractivity (Wildman–Crippen MR) is 54.2 cm³/mol. The average Bonchev–Trinajstić information content (AvgIpc) is 2.15. The van der Waals surface area contributed by atoms with Crippen molar-refractivity contribution in [2.45, 2.75) is 26.2 Å². The van der Waals surface area contributed by atoms with Gasteiger partial charge in [-0.25, -0.2) is 4.39 Å². The van der Waals surface area contributed by atoms with Crippen LogP contribution in [0, 0.1) is 23.1 Å². The van der Waals surface area contributed by atoms with E-state index >= 15 is 0 Å². The molecule has 1 aromatic rings. The van der Waals surface area contributed by atoms with E-state index < -0.39 is 0 Å². The van der Waals surface area contributed by atoms with E-state index in [1.54, 1.807) is 12.1 Å². The first-order valence-electron chi connectivity index (χ1n) is 4.78. The first kappa shape index (κ1) is 10.7. The fraction of sp³-hybridized carbons (Fsp3) is 0.417. The lowest BCUT2D eigenvalue weighted by Crippen LogP contribution is -2.00. The Morgan fingerprint density at radius 1 is 1.29 bits per heavy atom. The van der Waals surface area contributed by atoms with Crippen LogP contribution in [0.2, 0.25) is 0 Å². The minimum atomic E-state index is -0.255. The van der Waals surface area contributed by atoms with Gasteiger partial charge in [0.25, 0.3) is 0 Å². The second-order valence-electron chi connectivity index (χ2n) is 3.86. The highest BCUT2D eigenvalue weighted by Gasteiger charge is 2.11. The third-order valence-electron chi connectivity index (χ3n) is 2.14. The molecule has 0 bridgehead atoms. The molecule has 0 fully saturated rings. The van der Waals surface area contributed by atoms with Gasteiger partial charge in [-0.1, -0.05) is 26.0 Å². The van der Waals surface area contributed by atoms with Crippen molar-refractivity contribution in [1.82, 2.24) is 0 Å². The van der Waals surface area contributed by atoms with E-state index in [1.807, 2.05) is 0 Å². The lowest BCUT2D eigenvalue weighted by molar-refractivity contribution is 0.554. The van der Waals surface area contributed by atoms with Crippen LogP contribution in [0.5, 0.6) is 0 Å². The van der Waals surface area contributed by atoms with Gasteiger partial charge >= 0.3 is 0 Å². The maximum absolute atomic E-state index is 12.6. The van der Waals surface area contributed by atoms with Crippen molar-refractivity contribution in [2.75, 3.05) is 0 Å². The standard InChI is InChI=1S/C12H14FN/c1-9(2)7-11(8-14)10-3-5-12(13)6-4-10/h3-6,9,11H,7H2,1-2H3. The molecular formula is C12H14FN. The van der Waals surface area contributed by atoms with Crippen molar-refractivity contribution in [3.8, 4) is 6.07 Å². The Bertz CT molecular complexity index is 321. The molecule has 0 heterocycles. The van der Waals surface area contributed by atoms with Gasteiger partial charge in [0.05, 0.1) is 12.0 Å². The summed E-state index contributed by atoms with van der Waals surface area (Å²) >= 11 is 0. The molecule has 74 valence electrons. The van der Waals surface area contributed by atoms with Crippen LogP contribution in [-0.4, -0.2) is 0 Å². The molecule has 1 atom stereocenters. The van der Waals surface area contributed by atoms with Gasteiger partial charge in [0.15, 0.2) is 0 Å². The Kier molecular flexibility index (Phi) is 3.64. The first-order valence-corrected chi connectivity index (χ1v) is 4.78. The molecule has 0 aromatic heterocycles. The fourth-order valence-electron chi connectivity index (χ4n) is 1.43. The van der Waals surface area contributed by atoms with Gasteiger partial charge < -0.3 is 0 Å². The van der Waals surface area contributed by atoms with Gasteiger partial charge in [-0.05, 0) is 30.0 Å². The summed E-state index contributed by atoms with van der Waals surface area (Å²) in [6, 6.07) is 8.42. The molecule has 1 unspecified atom stereocenters. The summed E-state index contributed by atoms with van der Waals surface area (Å²) in [5.74, 6) is 0.107. The molecule has 0 spiro atoms. The van der Waals surface area contributed by atoms with Crippen LogP contribution in [0.25, 0.3) is 0 Å². The van der Waals surface area contributed by atoms with E-state index in [1.165, 1.54) is 12.1 Å². The topological polar surface area (TPSA) is 23.8 Å². The molecule has 2 heteroatoms. The van der Waals surface area contributed by atoms with Crippen molar-refractivity contribution >= 4 is 0 Å². The normalized spacial score (nSPS) is 12.5. The van der Waals surface area contributed by atoms with Crippen LogP contribution in [0.1, 0.15) is 31.7 Å². The molecule has 0 saturated carbocycles. The van der Waals surface area contributed by atoms with E-state index in [0.29, 0.717) is 5.92 Å². The molecule has 1 nitrogen and oxygen atoms in total. The van der Waals surface area contributed by atoms with Crippen molar-refractivity contribution < 1.29 is 4.39 Å². The van der Waals surface area contributed by atoms with Gasteiger partial charge in [-0.15, -0.1) is 0 Å². The molecule has 1 rings (SSSR count). The minimum absolute atomic E-state index is 0.115. The minimum Gasteiger partial charge on any atom is -0.207 e. The zero-order valence-electron chi connectivity index (χ0n) is 8.50. The third kappa shape index (κ3) is 2.85. The van der Waals surface area contributed by atoms with Gasteiger partial charge in [0.2, 0.25) is 0 Å². The fourth-order valence-corrected chi connectivity index (χ4v) is 1.43. The molecule has 0 radical (unpaired) electrons. The van der Waals surface area contributed by atoms with Crippen LogP contribution in [0.15, 0.2) is 24.3 Å². The number of hydrogen-bond donors (Lipinski definition) is 0. The first-order chi connectivity index (χ1) is 6.63. The van der Waals surface area contributed by atoms with Crippen LogP contribution in [-0.2, 0) is 0 Å². The number of nitrogens with zero attached hydrogens (tertiary/aromatic N) is 1. The second kappa shape index (κ2) is 4.76. The van der Waals surface area contributed by atoms with Gasteiger partial charge in [0.1, 0.15) is 5.82 Å². The Morgan fingerprint density at radius 3 is 2.29 bits per heavy atom. The van der Waals surface area contributed by atoms with Crippen molar-refractivity contribution in [3.63, 3.8) is 0 Å².